The molecule has 1 rings (SSSR count). The highest BCUT2D eigenvalue weighted by atomic mass is 32.2. The highest BCUT2D eigenvalue weighted by molar-refractivity contribution is 7.98. The van der Waals surface area contributed by atoms with Crippen molar-refractivity contribution in [3.63, 3.8) is 0 Å². The summed E-state index contributed by atoms with van der Waals surface area (Å²) >= 11 is 1.52. The first-order valence-corrected chi connectivity index (χ1v) is 7.87. The van der Waals surface area contributed by atoms with E-state index < -0.39 is 0 Å². The van der Waals surface area contributed by atoms with Crippen molar-refractivity contribution in [1.82, 2.24) is 9.97 Å². The molecule has 0 radical (unpaired) electrons. The highest BCUT2D eigenvalue weighted by Crippen LogP contribution is 2.20. The van der Waals surface area contributed by atoms with Gasteiger partial charge in [-0.15, -0.1) is 0 Å². The number of anilines is 2. The summed E-state index contributed by atoms with van der Waals surface area (Å²) < 4.78 is 0. The van der Waals surface area contributed by atoms with Gasteiger partial charge < -0.3 is 15.7 Å². The minimum atomic E-state index is 0.177. The Kier molecular flexibility index (Phi) is 6.94. The average molecular weight is 284 g/mol. The third-order valence-corrected chi connectivity index (χ3v) is 3.37. The van der Waals surface area contributed by atoms with Crippen LogP contribution in [0.5, 0.6) is 0 Å². The van der Waals surface area contributed by atoms with Crippen molar-refractivity contribution < 1.29 is 5.11 Å². The molecule has 1 heterocycles. The molecule has 1 atom stereocenters. The van der Waals surface area contributed by atoms with E-state index in [1.807, 2.05) is 19.2 Å². The van der Waals surface area contributed by atoms with Gasteiger partial charge in [-0.05, 0) is 25.5 Å². The van der Waals surface area contributed by atoms with E-state index in [1.165, 1.54) is 11.8 Å². The second-order valence-electron chi connectivity index (χ2n) is 4.66. The predicted molar refractivity (Wildman–Crippen MR) is 81.9 cm³/mol. The summed E-state index contributed by atoms with van der Waals surface area (Å²) in [6.07, 6.45) is 2.68. The number of thioether (sulfide) groups is 1. The fraction of sp³-hybridized carbons (Fsp3) is 0.692. The summed E-state index contributed by atoms with van der Waals surface area (Å²) in [5.74, 6) is 2.07. The second-order valence-corrected chi connectivity index (χ2v) is 5.44. The van der Waals surface area contributed by atoms with Crippen molar-refractivity contribution in [3.05, 3.63) is 6.07 Å². The van der Waals surface area contributed by atoms with Crippen LogP contribution >= 0.6 is 11.8 Å². The van der Waals surface area contributed by atoms with Gasteiger partial charge in [0.2, 0.25) is 0 Å². The molecule has 0 fully saturated rings. The molecule has 0 aliphatic carbocycles. The summed E-state index contributed by atoms with van der Waals surface area (Å²) in [6, 6.07) is 2.12. The van der Waals surface area contributed by atoms with Gasteiger partial charge in [0, 0.05) is 25.3 Å². The van der Waals surface area contributed by atoms with E-state index in [-0.39, 0.29) is 12.6 Å². The molecule has 0 aromatic carbocycles. The van der Waals surface area contributed by atoms with Crippen molar-refractivity contribution in [2.45, 2.75) is 38.4 Å². The zero-order valence-corrected chi connectivity index (χ0v) is 12.9. The van der Waals surface area contributed by atoms with Gasteiger partial charge in [0.15, 0.2) is 5.16 Å². The molecule has 0 amide bonds. The lowest BCUT2D eigenvalue weighted by molar-refractivity contribution is 0.267. The molecular weight excluding hydrogens is 260 g/mol. The van der Waals surface area contributed by atoms with Crippen molar-refractivity contribution in [3.8, 4) is 0 Å². The molecule has 108 valence electrons. The summed E-state index contributed by atoms with van der Waals surface area (Å²) in [4.78, 5) is 8.85. The van der Waals surface area contributed by atoms with E-state index in [0.717, 1.165) is 23.3 Å². The summed E-state index contributed by atoms with van der Waals surface area (Å²) in [5.41, 5.74) is 0. The van der Waals surface area contributed by atoms with Crippen LogP contribution in [0.15, 0.2) is 11.2 Å². The van der Waals surface area contributed by atoms with Gasteiger partial charge in [0.25, 0.3) is 0 Å². The number of nitrogens with one attached hydrogen (secondary N) is 2. The Hall–Kier alpha value is -1.01. The van der Waals surface area contributed by atoms with Crippen LogP contribution < -0.4 is 10.6 Å². The van der Waals surface area contributed by atoms with Gasteiger partial charge in [-0.1, -0.05) is 25.6 Å². The molecule has 0 aliphatic heterocycles. The smallest absolute Gasteiger partial charge is 0.191 e. The number of hydrogen-bond donors (Lipinski definition) is 3. The predicted octanol–water partition coefficient (Wildman–Crippen LogP) is 2.45. The minimum Gasteiger partial charge on any atom is -0.396 e. The zero-order chi connectivity index (χ0) is 14.3. The summed E-state index contributed by atoms with van der Waals surface area (Å²) in [6.45, 7) is 7.31. The number of nitrogens with zero attached hydrogens (tertiary/aromatic N) is 2. The average Bonchev–Trinajstić information content (AvgIpc) is 2.38. The number of aromatic nitrogens is 2. The first kappa shape index (κ1) is 16.0. The molecule has 0 spiro atoms. The molecule has 0 bridgehead atoms. The third kappa shape index (κ3) is 5.24. The molecule has 0 saturated heterocycles. The topological polar surface area (TPSA) is 70.1 Å². The number of hydrogen-bond acceptors (Lipinski definition) is 6. The van der Waals surface area contributed by atoms with Crippen LogP contribution in [0.4, 0.5) is 11.6 Å². The first-order chi connectivity index (χ1) is 9.10. The summed E-state index contributed by atoms with van der Waals surface area (Å²) in [5, 5.41) is 16.4. The van der Waals surface area contributed by atoms with Crippen LogP contribution in [0.1, 0.15) is 27.2 Å². The fourth-order valence-corrected chi connectivity index (χ4v) is 2.14. The molecule has 19 heavy (non-hydrogen) atoms. The number of aliphatic hydroxyl groups excluding tert-OH is 1. The Morgan fingerprint density at radius 1 is 1.32 bits per heavy atom. The maximum absolute atomic E-state index is 9.11. The van der Waals surface area contributed by atoms with Gasteiger partial charge >= 0.3 is 0 Å². The maximum atomic E-state index is 9.11. The van der Waals surface area contributed by atoms with Crippen LogP contribution in [0.2, 0.25) is 0 Å². The van der Waals surface area contributed by atoms with E-state index in [9.17, 15) is 0 Å². The Bertz CT molecular complexity index is 387. The largest absolute Gasteiger partial charge is 0.396 e. The summed E-state index contributed by atoms with van der Waals surface area (Å²) in [7, 11) is 0. The van der Waals surface area contributed by atoms with Crippen LogP contribution in [-0.4, -0.2) is 40.5 Å². The molecule has 0 aliphatic rings. The van der Waals surface area contributed by atoms with Gasteiger partial charge in [0.05, 0.1) is 0 Å². The third-order valence-electron chi connectivity index (χ3n) is 2.82. The molecule has 1 aromatic heterocycles. The number of aliphatic hydroxyl groups is 1. The van der Waals surface area contributed by atoms with Gasteiger partial charge in [-0.2, -0.15) is 0 Å². The highest BCUT2D eigenvalue weighted by Gasteiger charge is 2.14. The van der Waals surface area contributed by atoms with Crippen LogP contribution in [0.25, 0.3) is 0 Å². The second kappa shape index (κ2) is 8.22. The molecule has 1 aromatic rings. The zero-order valence-electron chi connectivity index (χ0n) is 12.1. The molecular formula is C13H24N4OS. The Balaban J connectivity index is 2.88. The Labute approximate surface area is 119 Å². The lowest BCUT2D eigenvalue weighted by Crippen LogP contribution is -2.27. The fourth-order valence-electron chi connectivity index (χ4n) is 1.76. The lowest BCUT2D eigenvalue weighted by Gasteiger charge is -2.22. The molecule has 6 heteroatoms. The lowest BCUT2D eigenvalue weighted by atomic mass is 10.0. The minimum absolute atomic E-state index is 0.177. The van der Waals surface area contributed by atoms with Gasteiger partial charge in [-0.3, -0.25) is 0 Å². The van der Waals surface area contributed by atoms with Crippen molar-refractivity contribution in [2.75, 3.05) is 30.0 Å². The maximum Gasteiger partial charge on any atom is 0.191 e. The normalized spacial score (nSPS) is 12.5. The molecule has 1 unspecified atom stereocenters. The number of rotatable bonds is 8. The molecule has 3 N–H and O–H groups in total. The van der Waals surface area contributed by atoms with Crippen molar-refractivity contribution >= 4 is 23.4 Å². The van der Waals surface area contributed by atoms with E-state index in [4.69, 9.17) is 5.11 Å². The van der Waals surface area contributed by atoms with E-state index in [2.05, 4.69) is 34.4 Å². The monoisotopic (exact) mass is 284 g/mol. The van der Waals surface area contributed by atoms with E-state index >= 15 is 0 Å². The quantitative estimate of drug-likeness (QED) is 0.503. The van der Waals surface area contributed by atoms with Crippen LogP contribution in [-0.2, 0) is 0 Å². The first-order valence-electron chi connectivity index (χ1n) is 6.65. The molecule has 5 nitrogen and oxygen atoms in total. The SMILES string of the molecule is CCNc1cc(NC(CCO)C(C)C)nc(SC)n1. The van der Waals surface area contributed by atoms with Gasteiger partial charge in [0.1, 0.15) is 11.6 Å². The van der Waals surface area contributed by atoms with E-state index in [1.54, 1.807) is 0 Å². The Morgan fingerprint density at radius 2 is 2.00 bits per heavy atom. The van der Waals surface area contributed by atoms with Crippen molar-refractivity contribution in [2.24, 2.45) is 5.92 Å². The van der Waals surface area contributed by atoms with Gasteiger partial charge in [-0.25, -0.2) is 9.97 Å². The van der Waals surface area contributed by atoms with Crippen LogP contribution in [0.3, 0.4) is 0 Å². The standard InChI is InChI=1S/C13H24N4OS/c1-5-14-11-8-12(17-13(16-11)19-4)15-10(6-7-18)9(2)3/h8-10,18H,5-7H2,1-4H3,(H2,14,15,16,17). The van der Waals surface area contributed by atoms with E-state index in [0.29, 0.717) is 12.3 Å². The van der Waals surface area contributed by atoms with Crippen molar-refractivity contribution in [1.29, 1.82) is 0 Å². The molecule has 0 saturated carbocycles. The van der Waals surface area contributed by atoms with Crippen LogP contribution in [0, 0.1) is 5.92 Å². The Morgan fingerprint density at radius 3 is 2.53 bits per heavy atom.